The molecule has 0 bridgehead atoms. The monoisotopic (exact) mass is 458 g/mol. The number of nitrogens with two attached hydrogens (primary N) is 1. The summed E-state index contributed by atoms with van der Waals surface area (Å²) >= 11 is 5.84. The molecule has 1 saturated heterocycles. The molecule has 1 amide bonds. The van der Waals surface area contributed by atoms with Crippen molar-refractivity contribution in [3.05, 3.63) is 52.1 Å². The molecule has 32 heavy (non-hydrogen) atoms. The SMILES string of the molecule is Cc1cc(N2CC3(CCC(c4nn(C)c(N)c4C(=O)Nc4ccc(F)c(Cl)c4)C3)C2)no1. The Labute approximate surface area is 189 Å². The first-order valence-electron chi connectivity index (χ1n) is 10.5. The summed E-state index contributed by atoms with van der Waals surface area (Å²) in [5, 5.41) is 11.4. The van der Waals surface area contributed by atoms with Crippen molar-refractivity contribution in [2.75, 3.05) is 29.0 Å². The third-order valence-electron chi connectivity index (χ3n) is 6.60. The van der Waals surface area contributed by atoms with Gasteiger partial charge in [-0.05, 0) is 44.4 Å². The predicted molar refractivity (Wildman–Crippen MR) is 119 cm³/mol. The topological polar surface area (TPSA) is 102 Å². The molecule has 3 N–H and O–H groups in total. The Balaban J connectivity index is 1.33. The van der Waals surface area contributed by atoms with Gasteiger partial charge in [-0.15, -0.1) is 0 Å². The van der Waals surface area contributed by atoms with Crippen molar-refractivity contribution in [3.63, 3.8) is 0 Å². The van der Waals surface area contributed by atoms with E-state index >= 15 is 0 Å². The van der Waals surface area contributed by atoms with Crippen LogP contribution in [0.25, 0.3) is 0 Å². The molecule has 3 aromatic rings. The van der Waals surface area contributed by atoms with Crippen molar-refractivity contribution in [2.45, 2.75) is 32.1 Å². The number of nitrogens with zero attached hydrogens (tertiary/aromatic N) is 4. The van der Waals surface area contributed by atoms with E-state index in [1.165, 1.54) is 22.9 Å². The molecule has 2 aromatic heterocycles. The minimum Gasteiger partial charge on any atom is -0.383 e. The molecular weight excluding hydrogens is 435 g/mol. The van der Waals surface area contributed by atoms with E-state index in [9.17, 15) is 9.18 Å². The number of hydrogen-bond donors (Lipinski definition) is 2. The lowest BCUT2D eigenvalue weighted by Gasteiger charge is -2.48. The van der Waals surface area contributed by atoms with Crippen LogP contribution in [0.5, 0.6) is 0 Å². The van der Waals surface area contributed by atoms with Crippen molar-refractivity contribution in [3.8, 4) is 0 Å². The number of nitrogens with one attached hydrogen (secondary N) is 1. The van der Waals surface area contributed by atoms with E-state index in [1.807, 2.05) is 13.0 Å². The Morgan fingerprint density at radius 3 is 2.84 bits per heavy atom. The number of halogens is 2. The van der Waals surface area contributed by atoms with Crippen molar-refractivity contribution >= 4 is 34.8 Å². The summed E-state index contributed by atoms with van der Waals surface area (Å²) in [5.41, 5.74) is 7.89. The van der Waals surface area contributed by atoms with Crippen molar-refractivity contribution in [1.82, 2.24) is 14.9 Å². The van der Waals surface area contributed by atoms with Crippen LogP contribution in [0.1, 0.15) is 47.0 Å². The van der Waals surface area contributed by atoms with Gasteiger partial charge in [0.2, 0.25) is 0 Å². The zero-order valence-corrected chi connectivity index (χ0v) is 18.6. The molecule has 1 saturated carbocycles. The van der Waals surface area contributed by atoms with Crippen LogP contribution in [-0.4, -0.2) is 33.9 Å². The smallest absolute Gasteiger partial charge is 0.261 e. The fourth-order valence-corrected chi connectivity index (χ4v) is 5.18. The summed E-state index contributed by atoms with van der Waals surface area (Å²) in [6.07, 6.45) is 2.92. The zero-order chi connectivity index (χ0) is 22.6. The lowest BCUT2D eigenvalue weighted by molar-refractivity contribution is 0.102. The summed E-state index contributed by atoms with van der Waals surface area (Å²) in [6, 6.07) is 6.00. The highest BCUT2D eigenvalue weighted by molar-refractivity contribution is 6.31. The van der Waals surface area contributed by atoms with Crippen LogP contribution in [-0.2, 0) is 7.05 Å². The summed E-state index contributed by atoms with van der Waals surface area (Å²) in [5.74, 6) is 1.20. The molecule has 1 atom stereocenters. The molecule has 1 aliphatic carbocycles. The fraction of sp³-hybridized carbons (Fsp3) is 0.409. The second kappa shape index (κ2) is 7.51. The highest BCUT2D eigenvalue weighted by Gasteiger charge is 2.50. The molecule has 0 radical (unpaired) electrons. The first-order chi connectivity index (χ1) is 15.2. The molecule has 5 rings (SSSR count). The van der Waals surface area contributed by atoms with Gasteiger partial charge in [-0.3, -0.25) is 9.48 Å². The maximum Gasteiger partial charge on any atom is 0.261 e. The average Bonchev–Trinajstić information content (AvgIpc) is 3.42. The molecule has 1 unspecified atom stereocenters. The van der Waals surface area contributed by atoms with E-state index in [0.717, 1.165) is 43.9 Å². The van der Waals surface area contributed by atoms with Crippen molar-refractivity contribution in [2.24, 2.45) is 12.5 Å². The van der Waals surface area contributed by atoms with Gasteiger partial charge in [0.15, 0.2) is 5.82 Å². The molecule has 2 fully saturated rings. The Hall–Kier alpha value is -3.07. The second-order valence-corrected chi connectivity index (χ2v) is 9.35. The van der Waals surface area contributed by atoms with Crippen LogP contribution in [0.2, 0.25) is 5.02 Å². The number of anilines is 3. The second-order valence-electron chi connectivity index (χ2n) is 8.94. The number of aromatic nitrogens is 3. The first kappa shape index (κ1) is 20.8. The van der Waals surface area contributed by atoms with Gasteiger partial charge in [0, 0.05) is 43.2 Å². The molecule has 10 heteroatoms. The first-order valence-corrected chi connectivity index (χ1v) is 10.9. The lowest BCUT2D eigenvalue weighted by atomic mass is 9.77. The summed E-state index contributed by atoms with van der Waals surface area (Å²) in [6.45, 7) is 3.70. The van der Waals surface area contributed by atoms with Crippen LogP contribution < -0.4 is 16.0 Å². The molecule has 2 aliphatic rings. The van der Waals surface area contributed by atoms with Gasteiger partial charge in [-0.25, -0.2) is 4.39 Å². The number of amides is 1. The average molecular weight is 459 g/mol. The number of carbonyl (C=O) groups is 1. The Bertz CT molecular complexity index is 1200. The maximum absolute atomic E-state index is 13.5. The van der Waals surface area contributed by atoms with Crippen LogP contribution in [0.15, 0.2) is 28.8 Å². The number of rotatable bonds is 4. The number of benzene rings is 1. The summed E-state index contributed by atoms with van der Waals surface area (Å²) in [7, 11) is 1.73. The van der Waals surface area contributed by atoms with E-state index < -0.39 is 5.82 Å². The molecule has 1 aliphatic heterocycles. The van der Waals surface area contributed by atoms with Crippen LogP contribution in [0.3, 0.4) is 0 Å². The lowest BCUT2D eigenvalue weighted by Crippen LogP contribution is -2.55. The highest BCUT2D eigenvalue weighted by atomic mass is 35.5. The minimum absolute atomic E-state index is 0.0586. The molecular formula is C22H24ClFN6O2. The number of aryl methyl sites for hydroxylation is 2. The van der Waals surface area contributed by atoms with E-state index in [4.69, 9.17) is 21.9 Å². The normalized spacial score (nSPS) is 19.4. The largest absolute Gasteiger partial charge is 0.383 e. The van der Waals surface area contributed by atoms with E-state index in [-0.39, 0.29) is 22.3 Å². The molecule has 168 valence electrons. The van der Waals surface area contributed by atoms with E-state index in [2.05, 4.69) is 20.5 Å². The molecule has 1 spiro atoms. The standard InChI is InChI=1S/C22H24ClFN6O2/c1-12-7-17(28-32-12)30-10-22(11-30)6-5-13(9-22)19-18(20(25)29(2)27-19)21(31)26-14-3-4-16(24)15(23)8-14/h3-4,7-8,13H,5-6,9-11,25H2,1-2H3,(H,26,31). The van der Waals surface area contributed by atoms with Gasteiger partial charge in [0.05, 0.1) is 10.7 Å². The Morgan fingerprint density at radius 2 is 2.16 bits per heavy atom. The van der Waals surface area contributed by atoms with Gasteiger partial charge in [-0.1, -0.05) is 16.8 Å². The van der Waals surface area contributed by atoms with Gasteiger partial charge in [0.25, 0.3) is 5.91 Å². The molecule has 3 heterocycles. The third-order valence-corrected chi connectivity index (χ3v) is 6.89. The zero-order valence-electron chi connectivity index (χ0n) is 17.9. The third kappa shape index (κ3) is 3.50. The van der Waals surface area contributed by atoms with Crippen LogP contribution >= 0.6 is 11.6 Å². The number of carbonyl (C=O) groups excluding carboxylic acids is 1. The van der Waals surface area contributed by atoms with Gasteiger partial charge in [-0.2, -0.15) is 5.10 Å². The maximum atomic E-state index is 13.5. The Morgan fingerprint density at radius 1 is 1.38 bits per heavy atom. The van der Waals surface area contributed by atoms with E-state index in [1.54, 1.807) is 7.05 Å². The van der Waals surface area contributed by atoms with Crippen molar-refractivity contribution in [1.29, 1.82) is 0 Å². The van der Waals surface area contributed by atoms with Crippen molar-refractivity contribution < 1.29 is 13.7 Å². The minimum atomic E-state index is -0.544. The molecule has 8 nitrogen and oxygen atoms in total. The molecule has 1 aromatic carbocycles. The number of nitrogen functional groups attached to an aromatic ring is 1. The highest BCUT2D eigenvalue weighted by Crippen LogP contribution is 2.53. The summed E-state index contributed by atoms with van der Waals surface area (Å²) in [4.78, 5) is 15.3. The van der Waals surface area contributed by atoms with Gasteiger partial charge >= 0.3 is 0 Å². The van der Waals surface area contributed by atoms with Gasteiger partial charge in [0.1, 0.15) is 23.0 Å². The Kier molecular flexibility index (Phi) is 4.88. The van der Waals surface area contributed by atoms with Gasteiger partial charge < -0.3 is 20.5 Å². The van der Waals surface area contributed by atoms with E-state index in [0.29, 0.717) is 22.8 Å². The summed E-state index contributed by atoms with van der Waals surface area (Å²) < 4.78 is 20.2. The predicted octanol–water partition coefficient (Wildman–Crippen LogP) is 4.12. The fourth-order valence-electron chi connectivity index (χ4n) is 5.00. The van der Waals surface area contributed by atoms with Crippen LogP contribution in [0, 0.1) is 18.2 Å². The van der Waals surface area contributed by atoms with Crippen LogP contribution in [0.4, 0.5) is 21.7 Å². The number of hydrogen-bond acceptors (Lipinski definition) is 6. The quantitative estimate of drug-likeness (QED) is 0.609.